The fourth-order valence-electron chi connectivity index (χ4n) is 1.96. The first-order chi connectivity index (χ1) is 8.34. The summed E-state index contributed by atoms with van der Waals surface area (Å²) < 4.78 is 0. The van der Waals surface area contributed by atoms with E-state index in [1.807, 2.05) is 54.8 Å². The summed E-state index contributed by atoms with van der Waals surface area (Å²) in [6, 6.07) is 8.03. The molecular weight excluding hydrogens is 210 g/mol. The predicted octanol–water partition coefficient (Wildman–Crippen LogP) is 1.06. The second kappa shape index (κ2) is 3.91. The number of amides is 1. The monoisotopic (exact) mass is 221 g/mol. The fraction of sp³-hybridized carbons (Fsp3) is 0. The summed E-state index contributed by atoms with van der Waals surface area (Å²) in [6.45, 7) is 0. The van der Waals surface area contributed by atoms with Crippen LogP contribution >= 0.6 is 0 Å². The molecule has 2 nitrogen and oxygen atoms in total. The van der Waals surface area contributed by atoms with Crippen LogP contribution in [0.3, 0.4) is 0 Å². The van der Waals surface area contributed by atoms with Gasteiger partial charge in [-0.2, -0.15) is 0 Å². The zero-order valence-electron chi connectivity index (χ0n) is 9.21. The SMILES string of the molecule is O=C1\C=C/C=C\C=C2\C=c3ccccc3=CN12. The molecule has 1 amide bonds. The molecule has 2 aliphatic rings. The molecule has 0 N–H and O–H groups in total. The van der Waals surface area contributed by atoms with E-state index in [0.717, 1.165) is 16.1 Å². The molecule has 0 bridgehead atoms. The van der Waals surface area contributed by atoms with Gasteiger partial charge in [-0.25, -0.2) is 0 Å². The van der Waals surface area contributed by atoms with Crippen LogP contribution < -0.4 is 10.4 Å². The van der Waals surface area contributed by atoms with E-state index >= 15 is 0 Å². The number of benzene rings is 1. The van der Waals surface area contributed by atoms with Gasteiger partial charge >= 0.3 is 0 Å². The molecule has 2 heteroatoms. The van der Waals surface area contributed by atoms with Crippen LogP contribution in [0, 0.1) is 0 Å². The average Bonchev–Trinajstić information content (AvgIpc) is 2.35. The van der Waals surface area contributed by atoms with Crippen molar-refractivity contribution in [3.8, 4) is 0 Å². The van der Waals surface area contributed by atoms with Gasteiger partial charge in [-0.3, -0.25) is 9.69 Å². The van der Waals surface area contributed by atoms with Crippen molar-refractivity contribution in [2.75, 3.05) is 0 Å². The van der Waals surface area contributed by atoms with Crippen LogP contribution in [0.5, 0.6) is 0 Å². The van der Waals surface area contributed by atoms with Crippen LogP contribution in [0.25, 0.3) is 12.3 Å². The number of fused-ring (bicyclic) bond motifs is 2. The molecule has 0 atom stereocenters. The number of hydrogen-bond donors (Lipinski definition) is 0. The molecule has 0 aliphatic carbocycles. The minimum absolute atomic E-state index is 0.0219. The van der Waals surface area contributed by atoms with E-state index in [0.29, 0.717) is 0 Å². The van der Waals surface area contributed by atoms with Crippen LogP contribution in [0.4, 0.5) is 0 Å². The lowest BCUT2D eigenvalue weighted by Gasteiger charge is -2.21. The number of rotatable bonds is 0. The molecule has 0 spiro atoms. The Kier molecular flexibility index (Phi) is 2.26. The van der Waals surface area contributed by atoms with Gasteiger partial charge in [-0.15, -0.1) is 0 Å². The Morgan fingerprint density at radius 3 is 2.65 bits per heavy atom. The van der Waals surface area contributed by atoms with Crippen LogP contribution in [0.1, 0.15) is 0 Å². The Labute approximate surface area is 99.2 Å². The van der Waals surface area contributed by atoms with Crippen LogP contribution in [0.2, 0.25) is 0 Å². The molecule has 0 saturated carbocycles. The van der Waals surface area contributed by atoms with E-state index in [-0.39, 0.29) is 5.91 Å². The van der Waals surface area contributed by atoms with Gasteiger partial charge in [0.25, 0.3) is 5.91 Å². The van der Waals surface area contributed by atoms with Crippen molar-refractivity contribution in [2.24, 2.45) is 0 Å². The number of carbonyl (C=O) groups is 1. The topological polar surface area (TPSA) is 20.3 Å². The highest BCUT2D eigenvalue weighted by molar-refractivity contribution is 5.94. The van der Waals surface area contributed by atoms with Gasteiger partial charge < -0.3 is 0 Å². The van der Waals surface area contributed by atoms with Crippen LogP contribution in [-0.4, -0.2) is 10.8 Å². The summed E-state index contributed by atoms with van der Waals surface area (Å²) >= 11 is 0. The van der Waals surface area contributed by atoms with Gasteiger partial charge in [-0.05, 0) is 22.6 Å². The van der Waals surface area contributed by atoms with Gasteiger partial charge in [0.2, 0.25) is 0 Å². The van der Waals surface area contributed by atoms with E-state index in [1.54, 1.807) is 17.1 Å². The summed E-state index contributed by atoms with van der Waals surface area (Å²) in [4.78, 5) is 13.6. The first kappa shape index (κ1) is 9.85. The van der Waals surface area contributed by atoms with Crippen molar-refractivity contribution in [1.29, 1.82) is 0 Å². The van der Waals surface area contributed by atoms with Crippen molar-refractivity contribution < 1.29 is 4.79 Å². The lowest BCUT2D eigenvalue weighted by Crippen LogP contribution is -2.36. The van der Waals surface area contributed by atoms with E-state index in [4.69, 9.17) is 0 Å². The summed E-state index contributed by atoms with van der Waals surface area (Å²) in [6.07, 6.45) is 13.0. The highest BCUT2D eigenvalue weighted by Crippen LogP contribution is 2.12. The van der Waals surface area contributed by atoms with Gasteiger partial charge in [0.15, 0.2) is 0 Å². The molecule has 82 valence electrons. The Hall–Kier alpha value is -2.35. The summed E-state index contributed by atoms with van der Waals surface area (Å²) in [5.41, 5.74) is 0.898. The maximum absolute atomic E-state index is 11.9. The van der Waals surface area contributed by atoms with E-state index in [1.165, 1.54) is 0 Å². The smallest absolute Gasteiger partial charge is 0.255 e. The van der Waals surface area contributed by atoms with Crippen LogP contribution in [0.15, 0.2) is 60.3 Å². The Bertz CT molecular complexity index is 677. The Morgan fingerprint density at radius 1 is 0.941 bits per heavy atom. The first-order valence-corrected chi connectivity index (χ1v) is 5.51. The largest absolute Gasteiger partial charge is 0.284 e. The fourth-order valence-corrected chi connectivity index (χ4v) is 1.96. The number of allylic oxidation sites excluding steroid dienone is 5. The molecular formula is C15H11NO. The first-order valence-electron chi connectivity index (χ1n) is 5.51. The average molecular weight is 221 g/mol. The van der Waals surface area contributed by atoms with E-state index in [2.05, 4.69) is 0 Å². The van der Waals surface area contributed by atoms with Gasteiger partial charge in [0.1, 0.15) is 0 Å². The van der Waals surface area contributed by atoms with Gasteiger partial charge in [0.05, 0.1) is 0 Å². The molecule has 0 aromatic heterocycles. The highest BCUT2D eigenvalue weighted by atomic mass is 16.2. The lowest BCUT2D eigenvalue weighted by atomic mass is 10.1. The summed E-state index contributed by atoms with van der Waals surface area (Å²) in [7, 11) is 0. The second-order valence-corrected chi connectivity index (χ2v) is 3.95. The minimum atomic E-state index is -0.0219. The molecule has 3 rings (SSSR count). The molecule has 1 aromatic carbocycles. The quantitative estimate of drug-likeness (QED) is 0.641. The Morgan fingerprint density at radius 2 is 1.76 bits per heavy atom. The molecule has 2 aliphatic heterocycles. The van der Waals surface area contributed by atoms with Crippen molar-refractivity contribution >= 4 is 18.2 Å². The molecule has 0 unspecified atom stereocenters. The molecule has 0 fully saturated rings. The molecule has 1 aromatic rings. The lowest BCUT2D eigenvalue weighted by molar-refractivity contribution is -0.121. The summed E-state index contributed by atoms with van der Waals surface area (Å²) in [5.74, 6) is -0.0219. The number of nitrogens with zero attached hydrogens (tertiary/aromatic N) is 1. The predicted molar refractivity (Wildman–Crippen MR) is 67.8 cm³/mol. The number of hydrogen-bond acceptors (Lipinski definition) is 1. The third-order valence-corrected chi connectivity index (χ3v) is 2.81. The van der Waals surface area contributed by atoms with Gasteiger partial charge in [0, 0.05) is 18.0 Å². The summed E-state index contributed by atoms with van der Waals surface area (Å²) in [5, 5.41) is 2.21. The molecule has 17 heavy (non-hydrogen) atoms. The van der Waals surface area contributed by atoms with E-state index in [9.17, 15) is 4.79 Å². The molecule has 0 radical (unpaired) electrons. The maximum atomic E-state index is 11.9. The van der Waals surface area contributed by atoms with Crippen LogP contribution in [-0.2, 0) is 4.79 Å². The van der Waals surface area contributed by atoms with Gasteiger partial charge in [-0.1, -0.05) is 42.5 Å². The number of carbonyl (C=O) groups excluding carboxylic acids is 1. The third kappa shape index (κ3) is 1.74. The van der Waals surface area contributed by atoms with E-state index < -0.39 is 0 Å². The molecule has 0 saturated heterocycles. The zero-order valence-corrected chi connectivity index (χ0v) is 9.21. The minimum Gasteiger partial charge on any atom is -0.284 e. The Balaban J connectivity index is 2.26. The molecule has 2 heterocycles. The normalized spacial score (nSPS) is 23.9. The highest BCUT2D eigenvalue weighted by Gasteiger charge is 2.14. The van der Waals surface area contributed by atoms with Crippen molar-refractivity contribution in [3.63, 3.8) is 0 Å². The van der Waals surface area contributed by atoms with Crippen molar-refractivity contribution in [2.45, 2.75) is 0 Å². The van der Waals surface area contributed by atoms with Crippen molar-refractivity contribution in [3.05, 3.63) is 70.8 Å². The van der Waals surface area contributed by atoms with Crippen molar-refractivity contribution in [1.82, 2.24) is 4.90 Å². The standard InChI is InChI=1S/C15H11NO/c17-15-9-3-1-2-8-14-10-12-6-4-5-7-13(12)11-16(14)15/h1-11H/b2-1-,9-3-,14-8-. The maximum Gasteiger partial charge on any atom is 0.255 e. The third-order valence-electron chi connectivity index (χ3n) is 2.81. The zero-order chi connectivity index (χ0) is 11.7. The second-order valence-electron chi connectivity index (χ2n) is 3.95.